The van der Waals surface area contributed by atoms with Gasteiger partial charge in [0.2, 0.25) is 5.95 Å². The van der Waals surface area contributed by atoms with Crippen molar-refractivity contribution in [3.05, 3.63) is 0 Å². The van der Waals surface area contributed by atoms with Crippen molar-refractivity contribution in [3.63, 3.8) is 0 Å². The molecule has 7 nitrogen and oxygen atoms in total. The topological polar surface area (TPSA) is 81.2 Å². The molecule has 7 heteroatoms. The Balaban J connectivity index is 1.73. The fourth-order valence-electron chi connectivity index (χ4n) is 2.37. The van der Waals surface area contributed by atoms with Crippen molar-refractivity contribution in [2.75, 3.05) is 32.6 Å². The molecule has 0 aromatic carbocycles. The van der Waals surface area contributed by atoms with Crippen LogP contribution in [0.1, 0.15) is 0 Å². The van der Waals surface area contributed by atoms with Crippen LogP contribution in [0.15, 0.2) is 0 Å². The smallest absolute Gasteiger partial charge is 0.324 e. The van der Waals surface area contributed by atoms with Crippen molar-refractivity contribution >= 4 is 5.95 Å². The highest BCUT2D eigenvalue weighted by Gasteiger charge is 2.53. The first-order valence-electron chi connectivity index (χ1n) is 5.63. The molecule has 0 amide bonds. The summed E-state index contributed by atoms with van der Waals surface area (Å²) in [5.41, 5.74) is 0. The van der Waals surface area contributed by atoms with Gasteiger partial charge in [0.1, 0.15) is 0 Å². The standard InChI is InChI=1S/C10H15N5O2/c1-16-9-13-8(14-10(15-9)17-2)12-7-5-3-11-4-6(5)7/h5-7,11H,3-4H2,1-2H3,(H,12,13,14,15). The first kappa shape index (κ1) is 10.5. The average Bonchev–Trinajstić information content (AvgIpc) is 2.79. The molecule has 1 saturated carbocycles. The highest BCUT2D eigenvalue weighted by Crippen LogP contribution is 2.43. The lowest BCUT2D eigenvalue weighted by atomic mass is 10.4. The SMILES string of the molecule is COc1nc(NC2C3CNCC32)nc(OC)n1. The van der Waals surface area contributed by atoms with Gasteiger partial charge in [-0.3, -0.25) is 0 Å². The van der Waals surface area contributed by atoms with Gasteiger partial charge in [0, 0.05) is 19.1 Å². The van der Waals surface area contributed by atoms with Gasteiger partial charge in [-0.05, 0) is 11.8 Å². The number of rotatable bonds is 4. The molecule has 2 N–H and O–H groups in total. The van der Waals surface area contributed by atoms with Crippen LogP contribution in [0.5, 0.6) is 12.0 Å². The molecule has 17 heavy (non-hydrogen) atoms. The largest absolute Gasteiger partial charge is 0.467 e. The maximum atomic E-state index is 5.00. The summed E-state index contributed by atoms with van der Waals surface area (Å²) >= 11 is 0. The van der Waals surface area contributed by atoms with Gasteiger partial charge in [-0.2, -0.15) is 9.97 Å². The lowest BCUT2D eigenvalue weighted by molar-refractivity contribution is 0.341. The van der Waals surface area contributed by atoms with Crippen molar-refractivity contribution in [3.8, 4) is 12.0 Å². The number of piperidine rings is 1. The minimum atomic E-state index is 0.267. The van der Waals surface area contributed by atoms with E-state index in [1.165, 1.54) is 14.2 Å². The lowest BCUT2D eigenvalue weighted by Gasteiger charge is -2.08. The van der Waals surface area contributed by atoms with Crippen molar-refractivity contribution in [2.45, 2.75) is 6.04 Å². The van der Waals surface area contributed by atoms with E-state index in [0.29, 0.717) is 23.8 Å². The molecule has 1 saturated heterocycles. The van der Waals surface area contributed by atoms with E-state index in [1.807, 2.05) is 0 Å². The van der Waals surface area contributed by atoms with Gasteiger partial charge in [0.25, 0.3) is 0 Å². The average molecular weight is 237 g/mol. The fraction of sp³-hybridized carbons (Fsp3) is 0.700. The van der Waals surface area contributed by atoms with Gasteiger partial charge in [0.15, 0.2) is 0 Å². The van der Waals surface area contributed by atoms with Crippen molar-refractivity contribution < 1.29 is 9.47 Å². The van der Waals surface area contributed by atoms with E-state index in [9.17, 15) is 0 Å². The van der Waals surface area contributed by atoms with Crippen LogP contribution >= 0.6 is 0 Å². The summed E-state index contributed by atoms with van der Waals surface area (Å²) in [6.07, 6.45) is 0. The third kappa shape index (κ3) is 1.86. The molecule has 3 rings (SSSR count). The minimum Gasteiger partial charge on any atom is -0.467 e. The Hall–Kier alpha value is -1.63. The number of hydrogen-bond acceptors (Lipinski definition) is 7. The molecule has 92 valence electrons. The molecule has 1 aliphatic carbocycles. The fourth-order valence-corrected chi connectivity index (χ4v) is 2.37. The number of hydrogen-bond donors (Lipinski definition) is 2. The molecule has 2 fully saturated rings. The van der Waals surface area contributed by atoms with E-state index in [0.717, 1.165) is 13.1 Å². The van der Waals surface area contributed by atoms with Gasteiger partial charge in [0.05, 0.1) is 14.2 Å². The van der Waals surface area contributed by atoms with Gasteiger partial charge in [-0.15, -0.1) is 4.98 Å². The molecule has 0 spiro atoms. The number of ether oxygens (including phenoxy) is 2. The van der Waals surface area contributed by atoms with E-state index >= 15 is 0 Å². The van der Waals surface area contributed by atoms with Crippen LogP contribution in [0.3, 0.4) is 0 Å². The van der Waals surface area contributed by atoms with E-state index in [4.69, 9.17) is 9.47 Å². The maximum absolute atomic E-state index is 5.00. The Kier molecular flexibility index (Phi) is 2.47. The molecule has 2 aliphatic rings. The van der Waals surface area contributed by atoms with Crippen LogP contribution in [-0.4, -0.2) is 48.3 Å². The Labute approximate surface area is 99.0 Å². The lowest BCUT2D eigenvalue weighted by Crippen LogP contribution is -2.22. The summed E-state index contributed by atoms with van der Waals surface area (Å²) in [5.74, 6) is 1.92. The number of methoxy groups -OCH3 is 2. The first-order valence-corrected chi connectivity index (χ1v) is 5.63. The second-order valence-corrected chi connectivity index (χ2v) is 4.29. The zero-order valence-corrected chi connectivity index (χ0v) is 9.80. The summed E-state index contributed by atoms with van der Waals surface area (Å²) in [5, 5.41) is 6.65. The molecule has 2 heterocycles. The Bertz CT molecular complexity index is 395. The molecule has 2 unspecified atom stereocenters. The van der Waals surface area contributed by atoms with Crippen LogP contribution in [0.2, 0.25) is 0 Å². The van der Waals surface area contributed by atoms with E-state index in [-0.39, 0.29) is 12.0 Å². The van der Waals surface area contributed by atoms with Crippen LogP contribution in [0.25, 0.3) is 0 Å². The number of fused-ring (bicyclic) bond motifs is 1. The molecule has 1 aliphatic heterocycles. The molecule has 1 aromatic rings. The maximum Gasteiger partial charge on any atom is 0.324 e. The third-order valence-corrected chi connectivity index (χ3v) is 3.35. The second-order valence-electron chi connectivity index (χ2n) is 4.29. The molecular formula is C10H15N5O2. The van der Waals surface area contributed by atoms with E-state index in [2.05, 4.69) is 25.6 Å². The van der Waals surface area contributed by atoms with Crippen molar-refractivity contribution in [2.24, 2.45) is 11.8 Å². The van der Waals surface area contributed by atoms with Crippen LogP contribution in [0, 0.1) is 11.8 Å². The minimum absolute atomic E-state index is 0.267. The normalized spacial score (nSPS) is 29.6. The zero-order chi connectivity index (χ0) is 11.8. The summed E-state index contributed by atoms with van der Waals surface area (Å²) in [7, 11) is 3.04. The number of aromatic nitrogens is 3. The van der Waals surface area contributed by atoms with E-state index in [1.54, 1.807) is 0 Å². The van der Waals surface area contributed by atoms with Crippen molar-refractivity contribution in [1.29, 1.82) is 0 Å². The third-order valence-electron chi connectivity index (χ3n) is 3.35. The Morgan fingerprint density at radius 3 is 2.18 bits per heavy atom. The highest BCUT2D eigenvalue weighted by molar-refractivity contribution is 5.34. The van der Waals surface area contributed by atoms with Crippen LogP contribution in [0.4, 0.5) is 5.95 Å². The molecule has 2 atom stereocenters. The van der Waals surface area contributed by atoms with Crippen molar-refractivity contribution in [1.82, 2.24) is 20.3 Å². The Morgan fingerprint density at radius 1 is 1.06 bits per heavy atom. The van der Waals surface area contributed by atoms with Crippen LogP contribution in [-0.2, 0) is 0 Å². The first-order chi connectivity index (χ1) is 8.31. The molecular weight excluding hydrogens is 222 g/mol. The highest BCUT2D eigenvalue weighted by atomic mass is 16.5. The van der Waals surface area contributed by atoms with Gasteiger partial charge in [-0.1, -0.05) is 0 Å². The quantitative estimate of drug-likeness (QED) is 0.731. The molecule has 0 bridgehead atoms. The summed E-state index contributed by atoms with van der Waals surface area (Å²) in [4.78, 5) is 12.3. The number of anilines is 1. The van der Waals surface area contributed by atoms with Crippen LogP contribution < -0.4 is 20.1 Å². The monoisotopic (exact) mass is 237 g/mol. The number of nitrogens with zero attached hydrogens (tertiary/aromatic N) is 3. The van der Waals surface area contributed by atoms with Gasteiger partial charge < -0.3 is 20.1 Å². The zero-order valence-electron chi connectivity index (χ0n) is 9.80. The van der Waals surface area contributed by atoms with Gasteiger partial charge >= 0.3 is 12.0 Å². The predicted octanol–water partition coefficient (Wildman–Crippen LogP) is -0.482. The van der Waals surface area contributed by atoms with Gasteiger partial charge in [-0.25, -0.2) is 0 Å². The number of nitrogens with one attached hydrogen (secondary N) is 2. The summed E-state index contributed by atoms with van der Waals surface area (Å²) < 4.78 is 10.00. The predicted molar refractivity (Wildman–Crippen MR) is 60.2 cm³/mol. The summed E-state index contributed by atoms with van der Waals surface area (Å²) in [6.45, 7) is 2.14. The second kappa shape index (κ2) is 3.99. The molecule has 1 aromatic heterocycles. The molecule has 0 radical (unpaired) electrons. The Morgan fingerprint density at radius 2 is 1.65 bits per heavy atom. The summed E-state index contributed by atoms with van der Waals surface area (Å²) in [6, 6.07) is 1.000. The van der Waals surface area contributed by atoms with E-state index < -0.39 is 0 Å².